The van der Waals surface area contributed by atoms with Gasteiger partial charge < -0.3 is 10.1 Å². The van der Waals surface area contributed by atoms with E-state index in [1.165, 1.54) is 22.9 Å². The Bertz CT molecular complexity index is 673. The number of aryl methyl sites for hydroxylation is 2. The van der Waals surface area contributed by atoms with Gasteiger partial charge in [-0.25, -0.2) is 0 Å². The number of aromatic nitrogens is 2. The zero-order valence-electron chi connectivity index (χ0n) is 11.2. The Balaban J connectivity index is 2.15. The maximum atomic E-state index is 12.1. The summed E-state index contributed by atoms with van der Waals surface area (Å²) in [7, 11) is 1.71. The number of benzene rings is 1. The molecule has 112 valence electrons. The Morgan fingerprint density at radius 3 is 2.71 bits per heavy atom. The van der Waals surface area contributed by atoms with E-state index in [1.807, 2.05) is 0 Å². The molecular formula is C13H12ClF2N3O2. The fourth-order valence-electron chi connectivity index (χ4n) is 1.79. The van der Waals surface area contributed by atoms with Crippen LogP contribution in [-0.4, -0.2) is 22.3 Å². The molecule has 0 saturated heterocycles. The van der Waals surface area contributed by atoms with Crippen molar-refractivity contribution in [1.82, 2.24) is 9.78 Å². The van der Waals surface area contributed by atoms with Crippen LogP contribution < -0.4 is 10.1 Å². The average Bonchev–Trinajstić information content (AvgIpc) is 2.71. The summed E-state index contributed by atoms with van der Waals surface area (Å²) in [4.78, 5) is 12.1. The zero-order valence-corrected chi connectivity index (χ0v) is 12.0. The van der Waals surface area contributed by atoms with Gasteiger partial charge in [-0.2, -0.15) is 13.9 Å². The van der Waals surface area contributed by atoms with E-state index in [1.54, 1.807) is 20.2 Å². The number of halogens is 3. The van der Waals surface area contributed by atoms with Crippen LogP contribution in [0.5, 0.6) is 5.75 Å². The fraction of sp³-hybridized carbons (Fsp3) is 0.231. The van der Waals surface area contributed by atoms with E-state index < -0.39 is 6.61 Å². The third-order valence-electron chi connectivity index (χ3n) is 2.66. The average molecular weight is 316 g/mol. The summed E-state index contributed by atoms with van der Waals surface area (Å²) in [6.45, 7) is -1.25. The highest BCUT2D eigenvalue weighted by molar-refractivity contribution is 6.32. The van der Waals surface area contributed by atoms with E-state index in [9.17, 15) is 13.6 Å². The molecule has 1 aromatic carbocycles. The van der Waals surface area contributed by atoms with Gasteiger partial charge in [-0.3, -0.25) is 9.48 Å². The summed E-state index contributed by atoms with van der Waals surface area (Å²) in [6, 6.07) is 4.02. The molecule has 0 unspecified atom stereocenters. The van der Waals surface area contributed by atoms with Gasteiger partial charge in [0, 0.05) is 18.9 Å². The van der Waals surface area contributed by atoms with Gasteiger partial charge in [0.15, 0.2) is 0 Å². The van der Waals surface area contributed by atoms with Crippen molar-refractivity contribution in [3.8, 4) is 5.75 Å². The monoisotopic (exact) mass is 315 g/mol. The molecule has 0 bridgehead atoms. The van der Waals surface area contributed by atoms with E-state index >= 15 is 0 Å². The summed E-state index contributed by atoms with van der Waals surface area (Å²) in [6.07, 6.45) is 1.58. The van der Waals surface area contributed by atoms with E-state index in [2.05, 4.69) is 15.2 Å². The molecule has 1 heterocycles. The minimum atomic E-state index is -2.96. The zero-order chi connectivity index (χ0) is 15.6. The Labute approximate surface area is 124 Å². The van der Waals surface area contributed by atoms with Crippen molar-refractivity contribution in [2.24, 2.45) is 7.05 Å². The Morgan fingerprint density at radius 1 is 1.48 bits per heavy atom. The molecule has 0 atom stereocenters. The van der Waals surface area contributed by atoms with Crippen molar-refractivity contribution in [2.75, 3.05) is 5.32 Å². The first-order chi connectivity index (χ1) is 9.86. The lowest BCUT2D eigenvalue weighted by Crippen LogP contribution is -2.12. The van der Waals surface area contributed by atoms with Gasteiger partial charge in [-0.05, 0) is 25.1 Å². The molecule has 1 N–H and O–H groups in total. The molecule has 1 amide bonds. The molecule has 0 spiro atoms. The number of anilines is 1. The minimum absolute atomic E-state index is 0.0176. The highest BCUT2D eigenvalue weighted by Crippen LogP contribution is 2.29. The van der Waals surface area contributed by atoms with Crippen LogP contribution in [-0.2, 0) is 7.05 Å². The number of nitrogens with zero attached hydrogens (tertiary/aromatic N) is 2. The summed E-state index contributed by atoms with van der Waals surface area (Å²) in [5.74, 6) is -0.513. The van der Waals surface area contributed by atoms with Gasteiger partial charge in [-0.15, -0.1) is 0 Å². The highest BCUT2D eigenvalue weighted by Gasteiger charge is 2.14. The van der Waals surface area contributed by atoms with Crippen molar-refractivity contribution in [2.45, 2.75) is 13.5 Å². The number of hydrogen-bond donors (Lipinski definition) is 1. The molecule has 2 rings (SSSR count). The van der Waals surface area contributed by atoms with Gasteiger partial charge in [0.2, 0.25) is 0 Å². The number of ether oxygens (including phenoxy) is 1. The second-order valence-corrected chi connectivity index (χ2v) is 4.69. The highest BCUT2D eigenvalue weighted by atomic mass is 35.5. The van der Waals surface area contributed by atoms with Gasteiger partial charge >= 0.3 is 6.61 Å². The normalized spacial score (nSPS) is 10.8. The van der Waals surface area contributed by atoms with Gasteiger partial charge in [0.25, 0.3) is 5.91 Å². The third kappa shape index (κ3) is 3.69. The molecule has 0 saturated carbocycles. The second kappa shape index (κ2) is 6.09. The summed E-state index contributed by atoms with van der Waals surface area (Å²) < 4.78 is 30.0. The van der Waals surface area contributed by atoms with Crippen LogP contribution in [0.2, 0.25) is 5.02 Å². The standard InChI is InChI=1S/C13H12ClF2N3O2/c1-7-9(6-19(2)18-7)12(20)17-8-3-4-11(10(14)5-8)21-13(15)16/h3-6,13H,1-2H3,(H,17,20). The molecule has 0 aliphatic rings. The van der Waals surface area contributed by atoms with E-state index in [0.717, 1.165) is 0 Å². The Hall–Kier alpha value is -2.15. The molecule has 21 heavy (non-hydrogen) atoms. The lowest BCUT2D eigenvalue weighted by Gasteiger charge is -2.09. The van der Waals surface area contributed by atoms with Crippen molar-refractivity contribution < 1.29 is 18.3 Å². The SMILES string of the molecule is Cc1nn(C)cc1C(=O)Nc1ccc(OC(F)F)c(Cl)c1. The number of carbonyl (C=O) groups excluding carboxylic acids is 1. The fourth-order valence-corrected chi connectivity index (χ4v) is 2.02. The molecule has 0 fully saturated rings. The molecule has 5 nitrogen and oxygen atoms in total. The van der Waals surface area contributed by atoms with Crippen molar-refractivity contribution in [1.29, 1.82) is 0 Å². The predicted molar refractivity (Wildman–Crippen MR) is 74.0 cm³/mol. The Morgan fingerprint density at radius 2 is 2.19 bits per heavy atom. The molecule has 8 heteroatoms. The van der Waals surface area contributed by atoms with Gasteiger partial charge in [0.1, 0.15) is 5.75 Å². The first-order valence-corrected chi connectivity index (χ1v) is 6.30. The first kappa shape index (κ1) is 15.2. The molecule has 2 aromatic rings. The molecule has 0 radical (unpaired) electrons. The lowest BCUT2D eigenvalue weighted by molar-refractivity contribution is -0.0497. The summed E-state index contributed by atoms with van der Waals surface area (Å²) in [5, 5.41) is 6.66. The summed E-state index contributed by atoms with van der Waals surface area (Å²) in [5.41, 5.74) is 1.37. The van der Waals surface area contributed by atoms with Crippen molar-refractivity contribution in [3.63, 3.8) is 0 Å². The summed E-state index contributed by atoms with van der Waals surface area (Å²) >= 11 is 5.81. The minimum Gasteiger partial charge on any atom is -0.433 e. The number of nitrogens with one attached hydrogen (secondary N) is 1. The topological polar surface area (TPSA) is 56.2 Å². The number of alkyl halides is 2. The lowest BCUT2D eigenvalue weighted by atomic mass is 10.2. The quantitative estimate of drug-likeness (QED) is 0.942. The number of amides is 1. The number of rotatable bonds is 4. The van der Waals surface area contributed by atoms with Crippen molar-refractivity contribution >= 4 is 23.2 Å². The van der Waals surface area contributed by atoms with Crippen LogP contribution in [0, 0.1) is 6.92 Å². The van der Waals surface area contributed by atoms with Crippen LogP contribution in [0.3, 0.4) is 0 Å². The largest absolute Gasteiger partial charge is 0.433 e. The number of hydrogen-bond acceptors (Lipinski definition) is 3. The maximum Gasteiger partial charge on any atom is 0.387 e. The predicted octanol–water partition coefficient (Wildman–Crippen LogP) is 3.24. The Kier molecular flexibility index (Phi) is 4.42. The van der Waals surface area contributed by atoms with Gasteiger partial charge in [0.05, 0.1) is 16.3 Å². The van der Waals surface area contributed by atoms with Crippen LogP contribution in [0.15, 0.2) is 24.4 Å². The van der Waals surface area contributed by atoms with E-state index in [-0.39, 0.29) is 16.7 Å². The van der Waals surface area contributed by atoms with Gasteiger partial charge in [-0.1, -0.05) is 11.6 Å². The molecule has 0 aliphatic carbocycles. The molecular weight excluding hydrogens is 304 g/mol. The maximum absolute atomic E-state index is 12.1. The second-order valence-electron chi connectivity index (χ2n) is 4.28. The van der Waals surface area contributed by atoms with E-state index in [0.29, 0.717) is 16.9 Å². The van der Waals surface area contributed by atoms with Crippen LogP contribution in [0.1, 0.15) is 16.1 Å². The molecule has 1 aromatic heterocycles. The van der Waals surface area contributed by atoms with Crippen LogP contribution in [0.4, 0.5) is 14.5 Å². The first-order valence-electron chi connectivity index (χ1n) is 5.93. The van der Waals surface area contributed by atoms with Crippen molar-refractivity contribution in [3.05, 3.63) is 40.7 Å². The van der Waals surface area contributed by atoms with Crippen LogP contribution in [0.25, 0.3) is 0 Å². The smallest absolute Gasteiger partial charge is 0.387 e. The third-order valence-corrected chi connectivity index (χ3v) is 2.96. The number of carbonyl (C=O) groups is 1. The molecule has 0 aliphatic heterocycles. The van der Waals surface area contributed by atoms with E-state index in [4.69, 9.17) is 11.6 Å². The van der Waals surface area contributed by atoms with Crippen LogP contribution >= 0.6 is 11.6 Å².